The number of benzene rings is 2. The Kier molecular flexibility index (Phi) is 5.91. The first-order valence-electron chi connectivity index (χ1n) is 11.1. The molecule has 1 aliphatic heterocycles. The van der Waals surface area contributed by atoms with Crippen LogP contribution in [0.5, 0.6) is 0 Å². The van der Waals surface area contributed by atoms with E-state index in [4.69, 9.17) is 14.2 Å². The molecule has 2 aromatic carbocycles. The maximum absolute atomic E-state index is 12.6. The van der Waals surface area contributed by atoms with Crippen LogP contribution in [0.1, 0.15) is 29.9 Å². The zero-order chi connectivity index (χ0) is 23.5. The number of ether oxygens (including phenoxy) is 3. The van der Waals surface area contributed by atoms with Crippen molar-refractivity contribution in [3.8, 4) is 11.1 Å². The highest BCUT2D eigenvalue weighted by molar-refractivity contribution is 5.83. The highest BCUT2D eigenvalue weighted by Gasteiger charge is 2.32. The van der Waals surface area contributed by atoms with Crippen LogP contribution >= 0.6 is 0 Å². The Bertz CT molecular complexity index is 1210. The molecule has 0 fully saturated rings. The van der Waals surface area contributed by atoms with E-state index in [1.165, 1.54) is 12.5 Å². The van der Waals surface area contributed by atoms with Crippen molar-refractivity contribution >= 4 is 12.1 Å². The van der Waals surface area contributed by atoms with Gasteiger partial charge < -0.3 is 24.6 Å². The predicted molar refractivity (Wildman–Crippen MR) is 124 cm³/mol. The van der Waals surface area contributed by atoms with Crippen LogP contribution in [0.4, 0.5) is 4.79 Å². The van der Waals surface area contributed by atoms with E-state index < -0.39 is 18.1 Å². The summed E-state index contributed by atoms with van der Waals surface area (Å²) in [6.45, 7) is 0.0764. The van der Waals surface area contributed by atoms with Gasteiger partial charge in [0.15, 0.2) is 17.6 Å². The van der Waals surface area contributed by atoms with Gasteiger partial charge in [-0.3, -0.25) is 0 Å². The molecule has 0 aromatic heterocycles. The minimum atomic E-state index is -1.46. The van der Waals surface area contributed by atoms with Crippen LogP contribution < -0.4 is 5.32 Å². The molecule has 0 saturated heterocycles. The van der Waals surface area contributed by atoms with Crippen LogP contribution in [0.25, 0.3) is 11.1 Å². The predicted octanol–water partition coefficient (Wildman–Crippen LogP) is 4.98. The molecule has 2 aliphatic carbocycles. The van der Waals surface area contributed by atoms with Gasteiger partial charge in [0.1, 0.15) is 19.1 Å². The molecule has 1 unspecified atom stereocenters. The molecular formula is C27H23NO6. The van der Waals surface area contributed by atoms with Crippen LogP contribution in [0.15, 0.2) is 96.4 Å². The van der Waals surface area contributed by atoms with Gasteiger partial charge in [0.2, 0.25) is 0 Å². The van der Waals surface area contributed by atoms with E-state index in [1.54, 1.807) is 0 Å². The number of allylic oxidation sites excluding steroid dienone is 4. The summed E-state index contributed by atoms with van der Waals surface area (Å²) in [6, 6.07) is 14.5. The number of carboxylic acid groups (broad SMARTS) is 1. The maximum atomic E-state index is 12.6. The molecular weight excluding hydrogens is 434 g/mol. The molecule has 7 heteroatoms. The van der Waals surface area contributed by atoms with Gasteiger partial charge in [0.05, 0.1) is 0 Å². The van der Waals surface area contributed by atoms with Crippen molar-refractivity contribution in [2.45, 2.75) is 24.8 Å². The molecule has 2 N–H and O–H groups in total. The van der Waals surface area contributed by atoms with Gasteiger partial charge >= 0.3 is 12.1 Å². The van der Waals surface area contributed by atoms with Crippen LogP contribution in [0.3, 0.4) is 0 Å². The Hall–Kier alpha value is -4.26. The number of rotatable bonds is 6. The van der Waals surface area contributed by atoms with Crippen molar-refractivity contribution in [1.29, 1.82) is 0 Å². The third-order valence-electron chi connectivity index (χ3n) is 6.05. The lowest BCUT2D eigenvalue weighted by Gasteiger charge is -2.23. The Balaban J connectivity index is 1.26. The summed E-state index contributed by atoms with van der Waals surface area (Å²) in [6.07, 6.45) is 9.16. The first kappa shape index (κ1) is 21.6. The molecule has 2 aromatic rings. The van der Waals surface area contributed by atoms with Gasteiger partial charge in [-0.2, -0.15) is 0 Å². The number of alkyl carbamates (subject to hydrolysis) is 1. The molecule has 1 atom stereocenters. The summed E-state index contributed by atoms with van der Waals surface area (Å²) in [5.74, 6) is -1.03. The van der Waals surface area contributed by atoms with Gasteiger partial charge in [0.25, 0.3) is 0 Å². The number of carboxylic acids is 1. The Morgan fingerprint density at radius 1 is 1.06 bits per heavy atom. The van der Waals surface area contributed by atoms with Gasteiger partial charge in [-0.15, -0.1) is 0 Å². The summed E-state index contributed by atoms with van der Waals surface area (Å²) >= 11 is 0. The zero-order valence-electron chi connectivity index (χ0n) is 18.3. The fraction of sp³-hybridized carbons (Fsp3) is 0.185. The quantitative estimate of drug-likeness (QED) is 0.635. The second-order valence-corrected chi connectivity index (χ2v) is 8.14. The van der Waals surface area contributed by atoms with Gasteiger partial charge in [0, 0.05) is 5.92 Å². The van der Waals surface area contributed by atoms with Crippen molar-refractivity contribution in [3.63, 3.8) is 0 Å². The largest absolute Gasteiger partial charge is 0.479 e. The smallest absolute Gasteiger partial charge is 0.408 e. The van der Waals surface area contributed by atoms with Crippen molar-refractivity contribution < 1.29 is 28.9 Å². The summed E-state index contributed by atoms with van der Waals surface area (Å²) in [4.78, 5) is 24.5. The summed E-state index contributed by atoms with van der Waals surface area (Å²) in [5, 5.41) is 12.1. The zero-order valence-corrected chi connectivity index (χ0v) is 18.3. The maximum Gasteiger partial charge on any atom is 0.408 e. The monoisotopic (exact) mass is 457 g/mol. The first-order valence-corrected chi connectivity index (χ1v) is 11.1. The molecule has 0 bridgehead atoms. The van der Waals surface area contributed by atoms with Crippen LogP contribution in [0.2, 0.25) is 0 Å². The standard InChI is InChI=1S/C27H23NO6/c29-26(30)25(24-16-32-15-23(34-24)17-8-2-1-3-9-17)28-27(31)33-14-22-20-12-6-4-10-18(20)19-11-5-7-13-21(19)22/h1-2,4-8,10-13,15-16,22,25H,3,9,14H2,(H,28,31)(H,29,30). The van der Waals surface area contributed by atoms with Gasteiger partial charge in [-0.05, 0) is 40.7 Å². The average molecular weight is 457 g/mol. The lowest BCUT2D eigenvalue weighted by Crippen LogP contribution is -2.43. The van der Waals surface area contributed by atoms with E-state index in [1.807, 2.05) is 66.8 Å². The summed E-state index contributed by atoms with van der Waals surface area (Å²) < 4.78 is 16.6. The molecule has 7 nitrogen and oxygen atoms in total. The Morgan fingerprint density at radius 3 is 2.41 bits per heavy atom. The number of aliphatic carboxylic acids is 1. The van der Waals surface area contributed by atoms with E-state index in [-0.39, 0.29) is 18.3 Å². The lowest BCUT2D eigenvalue weighted by molar-refractivity contribution is -0.139. The fourth-order valence-corrected chi connectivity index (χ4v) is 4.43. The molecule has 34 heavy (non-hydrogen) atoms. The van der Waals surface area contributed by atoms with Crippen LogP contribution in [0, 0.1) is 0 Å². The topological polar surface area (TPSA) is 94.1 Å². The average Bonchev–Trinajstić information content (AvgIpc) is 3.20. The highest BCUT2D eigenvalue weighted by Crippen LogP contribution is 2.44. The first-order chi connectivity index (χ1) is 16.6. The Morgan fingerprint density at radius 2 is 1.76 bits per heavy atom. The Labute approximate surface area is 196 Å². The lowest BCUT2D eigenvalue weighted by atomic mass is 9.98. The van der Waals surface area contributed by atoms with E-state index in [2.05, 4.69) is 5.32 Å². The second kappa shape index (κ2) is 9.31. The van der Waals surface area contributed by atoms with E-state index in [0.717, 1.165) is 40.7 Å². The van der Waals surface area contributed by atoms with Crippen molar-refractivity contribution in [3.05, 3.63) is 108 Å². The molecule has 172 valence electrons. The number of carbonyl (C=O) groups excluding carboxylic acids is 1. The third-order valence-corrected chi connectivity index (χ3v) is 6.05. The number of hydrogen-bond donors (Lipinski definition) is 2. The molecule has 0 saturated carbocycles. The highest BCUT2D eigenvalue weighted by atomic mass is 16.6. The van der Waals surface area contributed by atoms with Crippen LogP contribution in [-0.2, 0) is 19.0 Å². The number of carbonyl (C=O) groups is 2. The number of fused-ring (bicyclic) bond motifs is 3. The van der Waals surface area contributed by atoms with Gasteiger partial charge in [-0.1, -0.05) is 66.8 Å². The number of nitrogens with one attached hydrogen (secondary N) is 1. The van der Waals surface area contributed by atoms with Crippen molar-refractivity contribution in [2.75, 3.05) is 6.61 Å². The number of hydrogen-bond acceptors (Lipinski definition) is 5. The molecule has 5 rings (SSSR count). The normalized spacial score (nSPS) is 17.1. The molecule has 0 spiro atoms. The van der Waals surface area contributed by atoms with E-state index >= 15 is 0 Å². The third kappa shape index (κ3) is 4.20. The number of amides is 1. The summed E-state index contributed by atoms with van der Waals surface area (Å²) in [5.41, 5.74) is 5.25. The minimum Gasteiger partial charge on any atom is -0.479 e. The van der Waals surface area contributed by atoms with E-state index in [9.17, 15) is 14.7 Å². The van der Waals surface area contributed by atoms with Gasteiger partial charge in [-0.25, -0.2) is 9.59 Å². The SMILES string of the molecule is O=C(NC(C(=O)O)C1=COC=C(C2=CC=CCC2)O1)OCC1c2ccccc2-c2ccccc21. The fourth-order valence-electron chi connectivity index (χ4n) is 4.43. The van der Waals surface area contributed by atoms with E-state index in [0.29, 0.717) is 5.76 Å². The van der Waals surface area contributed by atoms with Crippen molar-refractivity contribution in [1.82, 2.24) is 5.32 Å². The molecule has 1 heterocycles. The molecule has 1 amide bonds. The molecule has 3 aliphatic rings. The minimum absolute atomic E-state index is 0.0334. The van der Waals surface area contributed by atoms with Crippen LogP contribution in [-0.4, -0.2) is 29.8 Å². The van der Waals surface area contributed by atoms with Crippen molar-refractivity contribution in [2.24, 2.45) is 0 Å². The second-order valence-electron chi connectivity index (χ2n) is 8.14. The summed E-state index contributed by atoms with van der Waals surface area (Å²) in [7, 11) is 0. The molecule has 0 radical (unpaired) electrons.